The highest BCUT2D eigenvalue weighted by Gasteiger charge is 2.22. The SMILES string of the molecule is Cc1n[nH]c(C)c1[C@H](N)C(=O)NCc1cc(CC(C)C)no1. The van der Waals surface area contributed by atoms with E-state index in [1.165, 1.54) is 0 Å². The van der Waals surface area contributed by atoms with Crippen molar-refractivity contribution < 1.29 is 9.32 Å². The lowest BCUT2D eigenvalue weighted by atomic mass is 10.1. The highest BCUT2D eigenvalue weighted by Crippen LogP contribution is 2.17. The van der Waals surface area contributed by atoms with Crippen LogP contribution >= 0.6 is 0 Å². The first-order chi connectivity index (χ1) is 10.4. The average Bonchev–Trinajstić information content (AvgIpc) is 3.02. The molecule has 7 nitrogen and oxygen atoms in total. The second-order valence-corrected chi connectivity index (χ2v) is 5.93. The van der Waals surface area contributed by atoms with Gasteiger partial charge in [-0.1, -0.05) is 19.0 Å². The van der Waals surface area contributed by atoms with Crippen LogP contribution in [0.3, 0.4) is 0 Å². The minimum Gasteiger partial charge on any atom is -0.359 e. The minimum atomic E-state index is -0.753. The maximum Gasteiger partial charge on any atom is 0.242 e. The van der Waals surface area contributed by atoms with Crippen molar-refractivity contribution in [2.24, 2.45) is 11.7 Å². The van der Waals surface area contributed by atoms with Crippen LogP contribution in [-0.4, -0.2) is 21.3 Å². The fourth-order valence-corrected chi connectivity index (χ4v) is 2.39. The molecule has 120 valence electrons. The van der Waals surface area contributed by atoms with Crippen molar-refractivity contribution >= 4 is 5.91 Å². The van der Waals surface area contributed by atoms with Crippen LogP contribution in [0.2, 0.25) is 0 Å². The van der Waals surface area contributed by atoms with Crippen LogP contribution in [0.4, 0.5) is 0 Å². The molecule has 1 amide bonds. The maximum absolute atomic E-state index is 12.2. The molecule has 0 fully saturated rings. The van der Waals surface area contributed by atoms with Gasteiger partial charge in [-0.05, 0) is 26.2 Å². The van der Waals surface area contributed by atoms with Crippen LogP contribution in [0, 0.1) is 19.8 Å². The summed E-state index contributed by atoms with van der Waals surface area (Å²) < 4.78 is 5.21. The molecule has 0 aromatic carbocycles. The molecule has 0 spiro atoms. The first kappa shape index (κ1) is 16.2. The second kappa shape index (κ2) is 6.74. The molecule has 0 aliphatic rings. The van der Waals surface area contributed by atoms with E-state index in [2.05, 4.69) is 34.5 Å². The van der Waals surface area contributed by atoms with Gasteiger partial charge < -0.3 is 15.6 Å². The van der Waals surface area contributed by atoms with Gasteiger partial charge in [-0.15, -0.1) is 0 Å². The number of aromatic nitrogens is 3. The molecule has 0 aliphatic carbocycles. The molecular formula is C15H23N5O2. The van der Waals surface area contributed by atoms with Crippen LogP contribution in [0.25, 0.3) is 0 Å². The molecule has 2 aromatic heterocycles. The molecule has 0 saturated heterocycles. The standard InChI is InChI=1S/C15H23N5O2/c1-8(2)5-11-6-12(22-20-11)7-17-15(21)14(16)13-9(3)18-19-10(13)4/h6,8,14H,5,7,16H2,1-4H3,(H,17,21)(H,18,19)/t14-/m0/s1. The van der Waals surface area contributed by atoms with Gasteiger partial charge in [0.25, 0.3) is 0 Å². The number of hydrogen-bond donors (Lipinski definition) is 3. The molecule has 0 aliphatic heterocycles. The van der Waals surface area contributed by atoms with E-state index in [4.69, 9.17) is 10.3 Å². The molecule has 0 radical (unpaired) electrons. The molecule has 4 N–H and O–H groups in total. The highest BCUT2D eigenvalue weighted by atomic mass is 16.5. The molecule has 0 bridgehead atoms. The van der Waals surface area contributed by atoms with Crippen LogP contribution in [0.15, 0.2) is 10.6 Å². The number of hydrogen-bond acceptors (Lipinski definition) is 5. The van der Waals surface area contributed by atoms with Gasteiger partial charge in [-0.2, -0.15) is 5.10 Å². The van der Waals surface area contributed by atoms with Gasteiger partial charge in [0.15, 0.2) is 5.76 Å². The predicted octanol–water partition coefficient (Wildman–Crippen LogP) is 1.53. The fraction of sp³-hybridized carbons (Fsp3) is 0.533. The molecule has 1 atom stereocenters. The third kappa shape index (κ3) is 3.73. The third-order valence-corrected chi connectivity index (χ3v) is 3.44. The fourth-order valence-electron chi connectivity index (χ4n) is 2.39. The molecule has 7 heteroatoms. The number of H-pyrrole nitrogens is 1. The summed E-state index contributed by atoms with van der Waals surface area (Å²) in [6, 6.07) is 1.11. The Balaban J connectivity index is 1.94. The van der Waals surface area contributed by atoms with E-state index in [9.17, 15) is 4.79 Å². The summed E-state index contributed by atoms with van der Waals surface area (Å²) in [5.41, 5.74) is 9.17. The first-order valence-electron chi connectivity index (χ1n) is 7.37. The van der Waals surface area contributed by atoms with Gasteiger partial charge in [-0.25, -0.2) is 0 Å². The van der Waals surface area contributed by atoms with E-state index in [-0.39, 0.29) is 12.5 Å². The Kier molecular flexibility index (Phi) is 4.97. The van der Waals surface area contributed by atoms with Crippen LogP contribution in [-0.2, 0) is 17.8 Å². The number of rotatable bonds is 6. The molecule has 2 rings (SSSR count). The zero-order valence-electron chi connectivity index (χ0n) is 13.4. The minimum absolute atomic E-state index is 0.269. The van der Waals surface area contributed by atoms with Gasteiger partial charge >= 0.3 is 0 Å². The monoisotopic (exact) mass is 305 g/mol. The number of carbonyl (C=O) groups is 1. The van der Waals surface area contributed by atoms with Gasteiger partial charge in [0.05, 0.1) is 17.9 Å². The Bertz CT molecular complexity index is 625. The summed E-state index contributed by atoms with van der Waals surface area (Å²) >= 11 is 0. The molecule has 0 saturated carbocycles. The van der Waals surface area contributed by atoms with Crippen LogP contribution < -0.4 is 11.1 Å². The summed E-state index contributed by atoms with van der Waals surface area (Å²) in [6.45, 7) is 8.17. The summed E-state index contributed by atoms with van der Waals surface area (Å²) in [4.78, 5) is 12.2. The van der Waals surface area contributed by atoms with Crippen molar-refractivity contribution in [2.75, 3.05) is 0 Å². The zero-order valence-corrected chi connectivity index (χ0v) is 13.4. The molecule has 2 aromatic rings. The van der Waals surface area contributed by atoms with Gasteiger partial charge in [0, 0.05) is 17.3 Å². The highest BCUT2D eigenvalue weighted by molar-refractivity contribution is 5.83. The number of nitrogens with two attached hydrogens (primary N) is 1. The van der Waals surface area contributed by atoms with Crippen molar-refractivity contribution in [3.05, 3.63) is 34.5 Å². The van der Waals surface area contributed by atoms with Gasteiger partial charge in [0.1, 0.15) is 6.04 Å². The Hall–Kier alpha value is -2.15. The summed E-state index contributed by atoms with van der Waals surface area (Å²) in [5, 5.41) is 13.6. The Labute approximate surface area is 129 Å². The number of amides is 1. The first-order valence-corrected chi connectivity index (χ1v) is 7.37. The predicted molar refractivity (Wildman–Crippen MR) is 81.9 cm³/mol. The lowest BCUT2D eigenvalue weighted by molar-refractivity contribution is -0.122. The van der Waals surface area contributed by atoms with Crippen molar-refractivity contribution in [3.8, 4) is 0 Å². The maximum atomic E-state index is 12.2. The smallest absolute Gasteiger partial charge is 0.242 e. The van der Waals surface area contributed by atoms with E-state index >= 15 is 0 Å². The van der Waals surface area contributed by atoms with E-state index in [0.29, 0.717) is 11.7 Å². The van der Waals surface area contributed by atoms with E-state index in [0.717, 1.165) is 29.1 Å². The van der Waals surface area contributed by atoms with Crippen molar-refractivity contribution in [1.82, 2.24) is 20.7 Å². The summed E-state index contributed by atoms with van der Waals surface area (Å²) in [5.74, 6) is 0.860. The lowest BCUT2D eigenvalue weighted by Gasteiger charge is -2.11. The Morgan fingerprint density at radius 3 is 2.77 bits per heavy atom. The topological polar surface area (TPSA) is 110 Å². The number of nitrogens with zero attached hydrogens (tertiary/aromatic N) is 2. The van der Waals surface area contributed by atoms with Gasteiger partial charge in [-0.3, -0.25) is 9.89 Å². The van der Waals surface area contributed by atoms with E-state index in [1.54, 1.807) is 0 Å². The molecule has 0 unspecified atom stereocenters. The molecule has 22 heavy (non-hydrogen) atoms. The van der Waals surface area contributed by atoms with Crippen molar-refractivity contribution in [1.29, 1.82) is 0 Å². The molecule has 2 heterocycles. The Morgan fingerprint density at radius 2 is 2.18 bits per heavy atom. The normalized spacial score (nSPS) is 12.6. The number of carbonyl (C=O) groups excluding carboxylic acids is 1. The van der Waals surface area contributed by atoms with Crippen LogP contribution in [0.1, 0.15) is 48.3 Å². The quantitative estimate of drug-likeness (QED) is 0.749. The van der Waals surface area contributed by atoms with Crippen LogP contribution in [0.5, 0.6) is 0 Å². The largest absolute Gasteiger partial charge is 0.359 e. The van der Waals surface area contributed by atoms with E-state index < -0.39 is 6.04 Å². The van der Waals surface area contributed by atoms with Crippen molar-refractivity contribution in [3.63, 3.8) is 0 Å². The third-order valence-electron chi connectivity index (χ3n) is 3.44. The number of nitrogens with one attached hydrogen (secondary N) is 2. The molecular weight excluding hydrogens is 282 g/mol. The summed E-state index contributed by atoms with van der Waals surface area (Å²) in [6.07, 6.45) is 0.852. The van der Waals surface area contributed by atoms with Gasteiger partial charge in [0.2, 0.25) is 5.91 Å². The van der Waals surface area contributed by atoms with E-state index in [1.807, 2.05) is 19.9 Å². The number of aryl methyl sites for hydroxylation is 2. The second-order valence-electron chi connectivity index (χ2n) is 5.93. The zero-order chi connectivity index (χ0) is 16.3. The number of aromatic amines is 1. The average molecular weight is 305 g/mol. The Morgan fingerprint density at radius 1 is 1.45 bits per heavy atom. The summed E-state index contributed by atoms with van der Waals surface area (Å²) in [7, 11) is 0. The lowest BCUT2D eigenvalue weighted by Crippen LogP contribution is -2.34. The van der Waals surface area contributed by atoms with Crippen molar-refractivity contribution in [2.45, 2.75) is 46.7 Å².